The van der Waals surface area contributed by atoms with Gasteiger partial charge in [-0.15, -0.1) is 0 Å². The number of hydrogen-bond donors (Lipinski definition) is 2. The Balaban J connectivity index is 1.83. The standard InChI is InChI=1S/C16H16N2/c1-12(13-5-3-2-4-6-13)18-15-7-8-16-14(11-15)9-10-17-16/h2-12,17-18H,1H3. The molecule has 18 heavy (non-hydrogen) atoms. The zero-order valence-corrected chi connectivity index (χ0v) is 10.4. The molecule has 2 aromatic carbocycles. The van der Waals surface area contributed by atoms with Gasteiger partial charge in [-0.05, 0) is 36.8 Å². The quantitative estimate of drug-likeness (QED) is 0.695. The first-order valence-electron chi connectivity index (χ1n) is 6.21. The van der Waals surface area contributed by atoms with Gasteiger partial charge in [-0.1, -0.05) is 30.3 Å². The molecule has 3 aromatic rings. The van der Waals surface area contributed by atoms with Gasteiger partial charge in [0.05, 0.1) is 0 Å². The highest BCUT2D eigenvalue weighted by atomic mass is 14.9. The van der Waals surface area contributed by atoms with E-state index in [0.29, 0.717) is 6.04 Å². The van der Waals surface area contributed by atoms with E-state index in [-0.39, 0.29) is 0 Å². The maximum absolute atomic E-state index is 3.53. The van der Waals surface area contributed by atoms with E-state index >= 15 is 0 Å². The summed E-state index contributed by atoms with van der Waals surface area (Å²) in [6.07, 6.45) is 1.97. The van der Waals surface area contributed by atoms with E-state index in [9.17, 15) is 0 Å². The lowest BCUT2D eigenvalue weighted by molar-refractivity contribution is 0.885. The second-order valence-corrected chi connectivity index (χ2v) is 4.56. The Morgan fingerprint density at radius 3 is 2.67 bits per heavy atom. The van der Waals surface area contributed by atoms with Crippen molar-refractivity contribution in [2.24, 2.45) is 0 Å². The van der Waals surface area contributed by atoms with E-state index < -0.39 is 0 Å². The Hall–Kier alpha value is -2.22. The number of anilines is 1. The van der Waals surface area contributed by atoms with Crippen molar-refractivity contribution in [2.75, 3.05) is 5.32 Å². The van der Waals surface area contributed by atoms with Crippen molar-refractivity contribution in [3.63, 3.8) is 0 Å². The number of aromatic amines is 1. The number of benzene rings is 2. The molecule has 90 valence electrons. The van der Waals surface area contributed by atoms with Crippen molar-refractivity contribution in [1.29, 1.82) is 0 Å². The summed E-state index contributed by atoms with van der Waals surface area (Å²) < 4.78 is 0. The molecule has 0 aliphatic carbocycles. The monoisotopic (exact) mass is 236 g/mol. The summed E-state index contributed by atoms with van der Waals surface area (Å²) in [6, 6.07) is 19.3. The summed E-state index contributed by atoms with van der Waals surface area (Å²) in [6.45, 7) is 2.18. The Bertz CT molecular complexity index is 640. The lowest BCUT2D eigenvalue weighted by Crippen LogP contribution is -2.06. The van der Waals surface area contributed by atoms with Crippen LogP contribution in [0.1, 0.15) is 18.5 Å². The Morgan fingerprint density at radius 2 is 1.83 bits per heavy atom. The van der Waals surface area contributed by atoms with Crippen molar-refractivity contribution in [2.45, 2.75) is 13.0 Å². The number of fused-ring (bicyclic) bond motifs is 1. The number of rotatable bonds is 3. The molecule has 1 unspecified atom stereocenters. The van der Waals surface area contributed by atoms with Gasteiger partial charge in [0, 0.05) is 28.8 Å². The van der Waals surface area contributed by atoms with Crippen LogP contribution >= 0.6 is 0 Å². The highest BCUT2D eigenvalue weighted by Crippen LogP contribution is 2.22. The van der Waals surface area contributed by atoms with Gasteiger partial charge in [-0.3, -0.25) is 0 Å². The SMILES string of the molecule is CC(Nc1ccc2[nH]ccc2c1)c1ccccc1. The minimum absolute atomic E-state index is 0.308. The smallest absolute Gasteiger partial charge is 0.0485 e. The molecule has 1 atom stereocenters. The molecule has 0 amide bonds. The van der Waals surface area contributed by atoms with Gasteiger partial charge in [0.15, 0.2) is 0 Å². The van der Waals surface area contributed by atoms with Crippen LogP contribution in [-0.2, 0) is 0 Å². The summed E-state index contributed by atoms with van der Waals surface area (Å²) >= 11 is 0. The maximum atomic E-state index is 3.53. The zero-order valence-electron chi connectivity index (χ0n) is 10.4. The van der Waals surface area contributed by atoms with Crippen LogP contribution in [0.3, 0.4) is 0 Å². The number of H-pyrrole nitrogens is 1. The van der Waals surface area contributed by atoms with Gasteiger partial charge >= 0.3 is 0 Å². The van der Waals surface area contributed by atoms with E-state index in [1.165, 1.54) is 16.5 Å². The van der Waals surface area contributed by atoms with E-state index in [2.05, 4.69) is 65.8 Å². The van der Waals surface area contributed by atoms with Crippen LogP contribution in [0.2, 0.25) is 0 Å². The molecule has 0 radical (unpaired) electrons. The van der Waals surface area contributed by atoms with Gasteiger partial charge in [-0.2, -0.15) is 0 Å². The average Bonchev–Trinajstić information content (AvgIpc) is 2.87. The van der Waals surface area contributed by atoms with Crippen molar-refractivity contribution in [1.82, 2.24) is 4.98 Å². The van der Waals surface area contributed by atoms with Crippen LogP contribution in [0.5, 0.6) is 0 Å². The summed E-state index contributed by atoms with van der Waals surface area (Å²) in [5.41, 5.74) is 3.62. The molecule has 2 heteroatoms. The van der Waals surface area contributed by atoms with E-state index in [1.807, 2.05) is 12.3 Å². The Morgan fingerprint density at radius 1 is 1.00 bits per heavy atom. The fourth-order valence-electron chi connectivity index (χ4n) is 2.22. The van der Waals surface area contributed by atoms with Gasteiger partial charge in [0.25, 0.3) is 0 Å². The molecule has 2 N–H and O–H groups in total. The van der Waals surface area contributed by atoms with Crippen molar-refractivity contribution >= 4 is 16.6 Å². The first-order valence-corrected chi connectivity index (χ1v) is 6.21. The topological polar surface area (TPSA) is 27.8 Å². The lowest BCUT2D eigenvalue weighted by Gasteiger charge is -2.15. The molecule has 2 nitrogen and oxygen atoms in total. The van der Waals surface area contributed by atoms with Crippen LogP contribution in [0.25, 0.3) is 10.9 Å². The van der Waals surface area contributed by atoms with E-state index in [4.69, 9.17) is 0 Å². The van der Waals surface area contributed by atoms with Gasteiger partial charge in [0.1, 0.15) is 0 Å². The number of hydrogen-bond acceptors (Lipinski definition) is 1. The second-order valence-electron chi connectivity index (χ2n) is 4.56. The normalized spacial score (nSPS) is 12.5. The van der Waals surface area contributed by atoms with Crippen LogP contribution in [0.15, 0.2) is 60.8 Å². The molecule has 0 aliphatic heterocycles. The first kappa shape index (κ1) is 10.9. The van der Waals surface area contributed by atoms with E-state index in [1.54, 1.807) is 0 Å². The van der Waals surface area contributed by atoms with Crippen LogP contribution in [0.4, 0.5) is 5.69 Å². The summed E-state index contributed by atoms with van der Waals surface area (Å²) in [5, 5.41) is 4.76. The minimum Gasteiger partial charge on any atom is -0.379 e. The molecule has 0 bridgehead atoms. The van der Waals surface area contributed by atoms with Crippen molar-refractivity contribution in [3.8, 4) is 0 Å². The molecule has 0 saturated carbocycles. The lowest BCUT2D eigenvalue weighted by atomic mass is 10.1. The minimum atomic E-state index is 0.308. The highest BCUT2D eigenvalue weighted by molar-refractivity contribution is 5.83. The predicted octanol–water partition coefficient (Wildman–Crippen LogP) is 4.34. The highest BCUT2D eigenvalue weighted by Gasteiger charge is 2.04. The fourth-order valence-corrected chi connectivity index (χ4v) is 2.22. The zero-order chi connectivity index (χ0) is 12.4. The van der Waals surface area contributed by atoms with Crippen molar-refractivity contribution in [3.05, 3.63) is 66.4 Å². The van der Waals surface area contributed by atoms with E-state index in [0.717, 1.165) is 5.69 Å². The molecule has 0 aliphatic rings. The number of nitrogens with one attached hydrogen (secondary N) is 2. The summed E-state index contributed by atoms with van der Waals surface area (Å²) in [4.78, 5) is 3.20. The third-order valence-electron chi connectivity index (χ3n) is 3.24. The molecule has 0 fully saturated rings. The van der Waals surface area contributed by atoms with Crippen LogP contribution < -0.4 is 5.32 Å². The van der Waals surface area contributed by atoms with Crippen LogP contribution in [-0.4, -0.2) is 4.98 Å². The van der Waals surface area contributed by atoms with Gasteiger partial charge in [-0.25, -0.2) is 0 Å². The van der Waals surface area contributed by atoms with Gasteiger partial charge in [0.2, 0.25) is 0 Å². The molecule has 0 saturated heterocycles. The van der Waals surface area contributed by atoms with Gasteiger partial charge < -0.3 is 10.3 Å². The maximum Gasteiger partial charge on any atom is 0.0485 e. The first-order chi connectivity index (χ1) is 8.83. The Kier molecular flexibility index (Phi) is 2.77. The molecule has 3 rings (SSSR count). The molecule has 1 aromatic heterocycles. The third kappa shape index (κ3) is 2.09. The predicted molar refractivity (Wildman–Crippen MR) is 76.8 cm³/mol. The largest absolute Gasteiger partial charge is 0.379 e. The summed E-state index contributed by atoms with van der Waals surface area (Å²) in [5.74, 6) is 0. The average molecular weight is 236 g/mol. The third-order valence-corrected chi connectivity index (χ3v) is 3.24. The Labute approximate surface area is 107 Å². The molecule has 0 spiro atoms. The molecule has 1 heterocycles. The number of aromatic nitrogens is 1. The second kappa shape index (κ2) is 4.57. The van der Waals surface area contributed by atoms with Crippen molar-refractivity contribution < 1.29 is 0 Å². The molecular weight excluding hydrogens is 220 g/mol. The fraction of sp³-hybridized carbons (Fsp3) is 0.125. The van der Waals surface area contributed by atoms with Crippen LogP contribution in [0, 0.1) is 0 Å². The summed E-state index contributed by atoms with van der Waals surface area (Å²) in [7, 11) is 0. The molecular formula is C16H16N2.